The van der Waals surface area contributed by atoms with Gasteiger partial charge in [0.15, 0.2) is 0 Å². The first kappa shape index (κ1) is 16.6. The van der Waals surface area contributed by atoms with E-state index in [-0.39, 0.29) is 11.9 Å². The van der Waals surface area contributed by atoms with E-state index in [1.54, 1.807) is 6.26 Å². The van der Waals surface area contributed by atoms with Crippen LogP contribution in [0.5, 0.6) is 0 Å². The monoisotopic (exact) mass is 365 g/mol. The Morgan fingerprint density at radius 2 is 2.08 bits per heavy atom. The van der Waals surface area contributed by atoms with E-state index in [9.17, 15) is 4.79 Å². The van der Waals surface area contributed by atoms with Crippen molar-refractivity contribution in [3.63, 3.8) is 0 Å². The van der Waals surface area contributed by atoms with Crippen molar-refractivity contribution in [3.05, 3.63) is 71.1 Å². The molecule has 1 aromatic carbocycles. The molecule has 1 N–H and O–H groups in total. The van der Waals surface area contributed by atoms with E-state index < -0.39 is 0 Å². The summed E-state index contributed by atoms with van der Waals surface area (Å²) >= 11 is 1.46. The summed E-state index contributed by atoms with van der Waals surface area (Å²) in [5.74, 6) is 0.800. The second kappa shape index (κ2) is 6.80. The molecule has 3 aromatic heterocycles. The fraction of sp³-hybridized carbons (Fsp3) is 0.200. The zero-order chi connectivity index (χ0) is 18.1. The Bertz CT molecular complexity index is 1030. The Balaban J connectivity index is 1.58. The van der Waals surface area contributed by atoms with E-state index in [4.69, 9.17) is 4.42 Å². The van der Waals surface area contributed by atoms with Crippen molar-refractivity contribution in [2.24, 2.45) is 0 Å². The molecule has 4 aromatic rings. The molecule has 6 heteroatoms. The number of fused-ring (bicyclic) bond motifs is 1. The third-order valence-electron chi connectivity index (χ3n) is 4.23. The molecule has 132 valence electrons. The second-order valence-corrected chi connectivity index (χ2v) is 7.35. The highest BCUT2D eigenvalue weighted by molar-refractivity contribution is 7.20. The lowest BCUT2D eigenvalue weighted by Crippen LogP contribution is -2.33. The van der Waals surface area contributed by atoms with Crippen molar-refractivity contribution in [3.8, 4) is 5.69 Å². The van der Waals surface area contributed by atoms with Crippen LogP contribution in [0.1, 0.15) is 28.0 Å². The molecule has 0 bridgehead atoms. The fourth-order valence-electron chi connectivity index (χ4n) is 2.98. The number of furan rings is 1. The summed E-state index contributed by atoms with van der Waals surface area (Å²) < 4.78 is 7.25. The lowest BCUT2D eigenvalue weighted by Gasteiger charge is -2.11. The molecule has 4 rings (SSSR count). The Kier molecular flexibility index (Phi) is 4.34. The van der Waals surface area contributed by atoms with Gasteiger partial charge in [-0.1, -0.05) is 18.2 Å². The van der Waals surface area contributed by atoms with Crippen LogP contribution in [0.2, 0.25) is 0 Å². The topological polar surface area (TPSA) is 60.1 Å². The zero-order valence-corrected chi connectivity index (χ0v) is 15.4. The Morgan fingerprint density at radius 3 is 2.81 bits per heavy atom. The van der Waals surface area contributed by atoms with Crippen LogP contribution >= 0.6 is 11.3 Å². The van der Waals surface area contributed by atoms with Crippen molar-refractivity contribution >= 4 is 27.5 Å². The van der Waals surface area contributed by atoms with E-state index >= 15 is 0 Å². The first-order valence-electron chi connectivity index (χ1n) is 8.49. The molecule has 3 heterocycles. The molecule has 0 radical (unpaired) electrons. The number of aryl methyl sites for hydroxylation is 1. The van der Waals surface area contributed by atoms with Gasteiger partial charge in [-0.25, -0.2) is 4.68 Å². The van der Waals surface area contributed by atoms with Crippen molar-refractivity contribution in [2.45, 2.75) is 26.3 Å². The van der Waals surface area contributed by atoms with Crippen molar-refractivity contribution in [2.75, 3.05) is 0 Å². The number of thiophene rings is 1. The van der Waals surface area contributed by atoms with Gasteiger partial charge in [-0.15, -0.1) is 11.3 Å². The summed E-state index contributed by atoms with van der Waals surface area (Å²) in [6.45, 7) is 3.94. The molecule has 0 aliphatic carbocycles. The first-order valence-corrected chi connectivity index (χ1v) is 9.31. The van der Waals surface area contributed by atoms with Crippen LogP contribution in [-0.4, -0.2) is 21.7 Å². The Labute approximate surface area is 155 Å². The number of carbonyl (C=O) groups is 1. The quantitative estimate of drug-likeness (QED) is 0.572. The van der Waals surface area contributed by atoms with E-state index in [0.29, 0.717) is 11.3 Å². The number of benzene rings is 1. The molecule has 1 unspecified atom stereocenters. The smallest absolute Gasteiger partial charge is 0.261 e. The number of hydrogen-bond acceptors (Lipinski definition) is 4. The number of nitrogens with one attached hydrogen (secondary N) is 1. The van der Waals surface area contributed by atoms with Gasteiger partial charge in [0.05, 0.1) is 22.5 Å². The Hall–Kier alpha value is -2.86. The number of hydrogen-bond donors (Lipinski definition) is 1. The molecular formula is C20H19N3O2S. The lowest BCUT2D eigenvalue weighted by molar-refractivity contribution is 0.0943. The average molecular weight is 365 g/mol. The first-order chi connectivity index (χ1) is 12.6. The maximum absolute atomic E-state index is 12.6. The molecular weight excluding hydrogens is 346 g/mol. The second-order valence-electron chi connectivity index (χ2n) is 6.32. The third-order valence-corrected chi connectivity index (χ3v) is 5.34. The summed E-state index contributed by atoms with van der Waals surface area (Å²) in [7, 11) is 0. The van der Waals surface area contributed by atoms with Crippen molar-refractivity contribution in [1.82, 2.24) is 15.1 Å². The highest BCUT2D eigenvalue weighted by Gasteiger charge is 2.18. The van der Waals surface area contributed by atoms with Gasteiger partial charge in [0.1, 0.15) is 10.6 Å². The van der Waals surface area contributed by atoms with E-state index in [2.05, 4.69) is 10.4 Å². The number of aromatic nitrogens is 2. The Morgan fingerprint density at radius 1 is 1.27 bits per heavy atom. The predicted molar refractivity (Wildman–Crippen MR) is 103 cm³/mol. The maximum Gasteiger partial charge on any atom is 0.261 e. The van der Waals surface area contributed by atoms with Gasteiger partial charge in [-0.2, -0.15) is 5.10 Å². The molecule has 0 spiro atoms. The van der Waals surface area contributed by atoms with Gasteiger partial charge in [-0.3, -0.25) is 4.79 Å². The van der Waals surface area contributed by atoms with Gasteiger partial charge in [0.25, 0.3) is 5.91 Å². The standard InChI is InChI=1S/C20H19N3O2S/c1-13(11-16-9-6-10-25-16)21-19(24)18-12-17-14(2)22-23(20(17)26-18)15-7-4-3-5-8-15/h3-10,12-13H,11H2,1-2H3,(H,21,24). The maximum atomic E-state index is 12.6. The van der Waals surface area contributed by atoms with E-state index in [0.717, 1.165) is 27.4 Å². The van der Waals surface area contributed by atoms with Crippen LogP contribution < -0.4 is 5.32 Å². The molecule has 1 amide bonds. The highest BCUT2D eigenvalue weighted by atomic mass is 32.1. The van der Waals surface area contributed by atoms with Crippen molar-refractivity contribution in [1.29, 1.82) is 0 Å². The van der Waals surface area contributed by atoms with E-state index in [1.165, 1.54) is 11.3 Å². The van der Waals surface area contributed by atoms with Crippen LogP contribution in [0.15, 0.2) is 59.2 Å². The average Bonchev–Trinajstić information content (AvgIpc) is 3.34. The number of amides is 1. The summed E-state index contributed by atoms with van der Waals surface area (Å²) in [5.41, 5.74) is 1.91. The lowest BCUT2D eigenvalue weighted by atomic mass is 10.2. The minimum Gasteiger partial charge on any atom is -0.469 e. The van der Waals surface area contributed by atoms with Crippen LogP contribution in [0, 0.1) is 6.92 Å². The molecule has 26 heavy (non-hydrogen) atoms. The number of carbonyl (C=O) groups excluding carboxylic acids is 1. The van der Waals surface area contributed by atoms with E-state index in [1.807, 2.05) is 67.1 Å². The largest absolute Gasteiger partial charge is 0.469 e. The summed E-state index contributed by atoms with van der Waals surface area (Å²) in [4.78, 5) is 14.3. The summed E-state index contributed by atoms with van der Waals surface area (Å²) in [6.07, 6.45) is 2.31. The molecule has 0 saturated carbocycles. The van der Waals surface area contributed by atoms with Gasteiger partial charge < -0.3 is 9.73 Å². The molecule has 0 aliphatic rings. The van der Waals surface area contributed by atoms with Crippen LogP contribution in [0.25, 0.3) is 15.9 Å². The SMILES string of the molecule is Cc1nn(-c2ccccc2)c2sc(C(=O)NC(C)Cc3ccco3)cc12. The number of nitrogens with zero attached hydrogens (tertiary/aromatic N) is 2. The summed E-state index contributed by atoms with van der Waals surface area (Å²) in [6, 6.07) is 15.7. The highest BCUT2D eigenvalue weighted by Crippen LogP contribution is 2.30. The fourth-order valence-corrected chi connectivity index (χ4v) is 4.07. The minimum absolute atomic E-state index is 0.00872. The number of rotatable bonds is 5. The van der Waals surface area contributed by atoms with Gasteiger partial charge >= 0.3 is 0 Å². The normalized spacial score (nSPS) is 12.4. The molecule has 0 fully saturated rings. The van der Waals surface area contributed by atoms with Crippen molar-refractivity contribution < 1.29 is 9.21 Å². The van der Waals surface area contributed by atoms with Crippen LogP contribution in [0.4, 0.5) is 0 Å². The van der Waals surface area contributed by atoms with Gasteiger partial charge in [0.2, 0.25) is 0 Å². The molecule has 1 atom stereocenters. The van der Waals surface area contributed by atoms with Crippen LogP contribution in [0.3, 0.4) is 0 Å². The number of para-hydroxylation sites is 1. The third kappa shape index (κ3) is 3.15. The molecule has 0 aliphatic heterocycles. The van der Waals surface area contributed by atoms with Gasteiger partial charge in [-0.05, 0) is 44.2 Å². The summed E-state index contributed by atoms with van der Waals surface area (Å²) in [5, 5.41) is 8.68. The predicted octanol–water partition coefficient (Wildman–Crippen LogP) is 4.35. The minimum atomic E-state index is -0.0655. The van der Waals surface area contributed by atoms with Gasteiger partial charge in [0, 0.05) is 17.8 Å². The molecule has 5 nitrogen and oxygen atoms in total. The molecule has 0 saturated heterocycles. The van der Waals surface area contributed by atoms with Crippen LogP contribution in [-0.2, 0) is 6.42 Å². The zero-order valence-electron chi connectivity index (χ0n) is 14.6.